The van der Waals surface area contributed by atoms with Crippen molar-refractivity contribution < 1.29 is 24.2 Å². The molecule has 166 valence electrons. The summed E-state index contributed by atoms with van der Waals surface area (Å²) in [6.45, 7) is 5.46. The molecule has 2 aromatic carbocycles. The summed E-state index contributed by atoms with van der Waals surface area (Å²) in [5, 5.41) is 14.1. The van der Waals surface area contributed by atoms with E-state index in [2.05, 4.69) is 10.6 Å². The summed E-state index contributed by atoms with van der Waals surface area (Å²) in [4.78, 5) is 35.6. The Kier molecular flexibility index (Phi) is 9.06. The third-order valence-corrected chi connectivity index (χ3v) is 4.81. The number of nitrogens with one attached hydrogen (secondary N) is 2. The molecule has 0 aliphatic heterocycles. The standard InChI is InChI=1S/C24H30N2O5/c1-16(2)22(23(28)25-17(3)24(29)30)26-21(27)14-11-18-9-12-20(13-10-18)31-15-19-7-5-4-6-8-19/h4-10,12-13,16-17,22H,11,14-15H2,1-3H3,(H,25,28)(H,26,27)(H,29,30)/t17-,22-/m0/s1. The average molecular weight is 427 g/mol. The molecule has 0 heterocycles. The maximum atomic E-state index is 12.3. The Balaban J connectivity index is 1.82. The van der Waals surface area contributed by atoms with Gasteiger partial charge in [-0.05, 0) is 42.5 Å². The summed E-state index contributed by atoms with van der Waals surface area (Å²) in [6.07, 6.45) is 0.734. The van der Waals surface area contributed by atoms with Crippen LogP contribution in [0.25, 0.3) is 0 Å². The second-order valence-corrected chi connectivity index (χ2v) is 7.78. The number of aliphatic carboxylic acids is 1. The SMILES string of the molecule is CC(C)[C@H](NC(=O)CCc1ccc(OCc2ccccc2)cc1)C(=O)N[C@@H](C)C(=O)O. The zero-order valence-electron chi connectivity index (χ0n) is 18.1. The van der Waals surface area contributed by atoms with E-state index in [-0.39, 0.29) is 18.2 Å². The number of ether oxygens (including phenoxy) is 1. The molecule has 3 N–H and O–H groups in total. The normalized spacial score (nSPS) is 12.6. The van der Waals surface area contributed by atoms with E-state index in [0.29, 0.717) is 13.0 Å². The fourth-order valence-corrected chi connectivity index (χ4v) is 2.90. The molecule has 0 aliphatic rings. The van der Waals surface area contributed by atoms with Gasteiger partial charge in [-0.1, -0.05) is 56.3 Å². The lowest BCUT2D eigenvalue weighted by molar-refractivity contribution is -0.142. The van der Waals surface area contributed by atoms with Gasteiger partial charge in [0.05, 0.1) is 0 Å². The van der Waals surface area contributed by atoms with Crippen LogP contribution in [-0.4, -0.2) is 35.0 Å². The van der Waals surface area contributed by atoms with Crippen molar-refractivity contribution in [2.75, 3.05) is 0 Å². The monoisotopic (exact) mass is 426 g/mol. The van der Waals surface area contributed by atoms with Gasteiger partial charge in [0.1, 0.15) is 24.4 Å². The lowest BCUT2D eigenvalue weighted by atomic mass is 10.0. The number of aryl methyl sites for hydroxylation is 1. The van der Waals surface area contributed by atoms with Gasteiger partial charge in [0.25, 0.3) is 0 Å². The molecule has 2 aromatic rings. The number of hydrogen-bond donors (Lipinski definition) is 3. The average Bonchev–Trinajstić information content (AvgIpc) is 2.75. The van der Waals surface area contributed by atoms with Gasteiger partial charge in [-0.3, -0.25) is 14.4 Å². The van der Waals surface area contributed by atoms with Crippen molar-refractivity contribution in [3.05, 3.63) is 65.7 Å². The van der Waals surface area contributed by atoms with E-state index in [1.165, 1.54) is 6.92 Å². The van der Waals surface area contributed by atoms with Gasteiger partial charge >= 0.3 is 5.97 Å². The van der Waals surface area contributed by atoms with Crippen LogP contribution < -0.4 is 15.4 Å². The Morgan fingerprint density at radius 1 is 0.903 bits per heavy atom. The number of hydrogen-bond acceptors (Lipinski definition) is 4. The molecule has 0 fully saturated rings. The second kappa shape index (κ2) is 11.7. The molecule has 0 radical (unpaired) electrons. The van der Waals surface area contributed by atoms with E-state index in [0.717, 1.165) is 16.9 Å². The van der Waals surface area contributed by atoms with E-state index in [4.69, 9.17) is 9.84 Å². The van der Waals surface area contributed by atoms with Crippen molar-refractivity contribution in [3.63, 3.8) is 0 Å². The summed E-state index contributed by atoms with van der Waals surface area (Å²) in [6, 6.07) is 15.6. The van der Waals surface area contributed by atoms with Crippen LogP contribution in [0.4, 0.5) is 0 Å². The molecule has 7 nitrogen and oxygen atoms in total. The Morgan fingerprint density at radius 2 is 1.55 bits per heavy atom. The van der Waals surface area contributed by atoms with Crippen LogP contribution >= 0.6 is 0 Å². The maximum absolute atomic E-state index is 12.3. The summed E-state index contributed by atoms with van der Waals surface area (Å²) in [5.74, 6) is -1.31. The number of carbonyl (C=O) groups excluding carboxylic acids is 2. The molecule has 0 spiro atoms. The number of carboxylic acid groups (broad SMARTS) is 1. The van der Waals surface area contributed by atoms with Crippen molar-refractivity contribution in [1.29, 1.82) is 0 Å². The van der Waals surface area contributed by atoms with Crippen molar-refractivity contribution in [2.45, 2.75) is 52.3 Å². The minimum atomic E-state index is -1.13. The quantitative estimate of drug-likeness (QED) is 0.512. The summed E-state index contributed by atoms with van der Waals surface area (Å²) >= 11 is 0. The Bertz CT molecular complexity index is 865. The molecular weight excluding hydrogens is 396 g/mol. The fraction of sp³-hybridized carbons (Fsp3) is 0.375. The molecule has 0 saturated carbocycles. The van der Waals surface area contributed by atoms with Crippen molar-refractivity contribution in [1.82, 2.24) is 10.6 Å². The molecule has 0 aromatic heterocycles. The molecular formula is C24H30N2O5. The topological polar surface area (TPSA) is 105 Å². The summed E-state index contributed by atoms with van der Waals surface area (Å²) < 4.78 is 5.76. The molecule has 2 rings (SSSR count). The molecule has 2 amide bonds. The largest absolute Gasteiger partial charge is 0.489 e. The van der Waals surface area contributed by atoms with Crippen LogP contribution in [0.1, 0.15) is 38.3 Å². The first-order valence-electron chi connectivity index (χ1n) is 10.3. The van der Waals surface area contributed by atoms with Gasteiger partial charge in [-0.25, -0.2) is 0 Å². The van der Waals surface area contributed by atoms with Gasteiger partial charge < -0.3 is 20.5 Å². The van der Waals surface area contributed by atoms with Gasteiger partial charge in [0.2, 0.25) is 11.8 Å². The molecule has 0 aliphatic carbocycles. The predicted molar refractivity (Wildman–Crippen MR) is 118 cm³/mol. The highest BCUT2D eigenvalue weighted by molar-refractivity contribution is 5.90. The number of benzene rings is 2. The van der Waals surface area contributed by atoms with Crippen LogP contribution in [0.3, 0.4) is 0 Å². The molecule has 0 bridgehead atoms. The van der Waals surface area contributed by atoms with Gasteiger partial charge in [0, 0.05) is 6.42 Å². The van der Waals surface area contributed by atoms with Crippen LogP contribution in [0.15, 0.2) is 54.6 Å². The van der Waals surface area contributed by atoms with Gasteiger partial charge in [0.15, 0.2) is 0 Å². The molecule has 7 heteroatoms. The third kappa shape index (κ3) is 8.12. The minimum absolute atomic E-state index is 0.175. The number of amides is 2. The predicted octanol–water partition coefficient (Wildman–Crippen LogP) is 2.93. The first kappa shape index (κ1) is 23.9. The van der Waals surface area contributed by atoms with E-state index in [9.17, 15) is 14.4 Å². The highest BCUT2D eigenvalue weighted by atomic mass is 16.5. The first-order chi connectivity index (χ1) is 14.8. The second-order valence-electron chi connectivity index (χ2n) is 7.78. The van der Waals surface area contributed by atoms with E-state index < -0.39 is 24.0 Å². The van der Waals surface area contributed by atoms with E-state index in [1.807, 2.05) is 54.6 Å². The van der Waals surface area contributed by atoms with E-state index in [1.54, 1.807) is 13.8 Å². The Labute approximate surface area is 182 Å². The molecule has 2 atom stereocenters. The number of rotatable bonds is 11. The lowest BCUT2D eigenvalue weighted by Crippen LogP contribution is -2.53. The van der Waals surface area contributed by atoms with E-state index >= 15 is 0 Å². The molecule has 0 saturated heterocycles. The summed E-state index contributed by atoms with van der Waals surface area (Å²) in [5.41, 5.74) is 2.07. The van der Waals surface area contributed by atoms with Crippen molar-refractivity contribution in [2.24, 2.45) is 5.92 Å². The maximum Gasteiger partial charge on any atom is 0.325 e. The smallest absolute Gasteiger partial charge is 0.325 e. The van der Waals surface area contributed by atoms with Crippen LogP contribution in [0.2, 0.25) is 0 Å². The fourth-order valence-electron chi connectivity index (χ4n) is 2.90. The van der Waals surface area contributed by atoms with Crippen LogP contribution in [-0.2, 0) is 27.4 Å². The number of carboxylic acids is 1. The van der Waals surface area contributed by atoms with Crippen molar-refractivity contribution >= 4 is 17.8 Å². The lowest BCUT2D eigenvalue weighted by Gasteiger charge is -2.23. The van der Waals surface area contributed by atoms with Gasteiger partial charge in [-0.15, -0.1) is 0 Å². The molecule has 0 unspecified atom stereocenters. The van der Waals surface area contributed by atoms with Crippen LogP contribution in [0, 0.1) is 5.92 Å². The Hall–Kier alpha value is -3.35. The zero-order chi connectivity index (χ0) is 22.8. The number of carbonyl (C=O) groups is 3. The molecule has 31 heavy (non-hydrogen) atoms. The highest BCUT2D eigenvalue weighted by Crippen LogP contribution is 2.15. The van der Waals surface area contributed by atoms with Gasteiger partial charge in [-0.2, -0.15) is 0 Å². The summed E-state index contributed by atoms with van der Waals surface area (Å²) in [7, 11) is 0. The zero-order valence-corrected chi connectivity index (χ0v) is 18.1. The minimum Gasteiger partial charge on any atom is -0.489 e. The highest BCUT2D eigenvalue weighted by Gasteiger charge is 2.26. The Morgan fingerprint density at radius 3 is 2.13 bits per heavy atom. The first-order valence-corrected chi connectivity index (χ1v) is 10.3. The third-order valence-electron chi connectivity index (χ3n) is 4.81. The van der Waals surface area contributed by atoms with Crippen LogP contribution in [0.5, 0.6) is 5.75 Å². The van der Waals surface area contributed by atoms with Crippen molar-refractivity contribution in [3.8, 4) is 5.75 Å².